The van der Waals surface area contributed by atoms with E-state index in [1.807, 2.05) is 6.92 Å². The Balaban J connectivity index is 3.22. The van der Waals surface area contributed by atoms with Gasteiger partial charge in [-0.3, -0.25) is 4.79 Å². The molecular weight excluding hydrogens is 208 g/mol. The lowest BCUT2D eigenvalue weighted by molar-refractivity contribution is -0.138. The van der Waals surface area contributed by atoms with E-state index in [9.17, 15) is 4.79 Å². The largest absolute Gasteiger partial charge is 0.480 e. The highest BCUT2D eigenvalue weighted by atomic mass is 16.4. The van der Waals surface area contributed by atoms with E-state index in [0.717, 1.165) is 0 Å². The molecule has 1 heterocycles. The first kappa shape index (κ1) is 12.4. The van der Waals surface area contributed by atoms with Crippen molar-refractivity contribution in [1.82, 2.24) is 9.97 Å². The molecule has 6 heteroatoms. The Morgan fingerprint density at radius 1 is 1.62 bits per heavy atom. The number of carboxylic acid groups (broad SMARTS) is 1. The van der Waals surface area contributed by atoms with Crippen LogP contribution in [0.1, 0.15) is 24.4 Å². The number of carbonyl (C=O) groups is 1. The van der Waals surface area contributed by atoms with E-state index in [0.29, 0.717) is 23.6 Å². The van der Waals surface area contributed by atoms with Crippen LogP contribution in [0.25, 0.3) is 0 Å². The molecule has 1 rings (SSSR count). The third kappa shape index (κ3) is 2.46. The topological polar surface area (TPSA) is 92.3 Å². The quantitative estimate of drug-likeness (QED) is 0.758. The molecule has 0 saturated carbocycles. The normalized spacial score (nSPS) is 12.2. The van der Waals surface area contributed by atoms with Gasteiger partial charge in [0.25, 0.3) is 0 Å². The summed E-state index contributed by atoms with van der Waals surface area (Å²) in [5.41, 5.74) is 5.99. The van der Waals surface area contributed by atoms with Crippen LogP contribution >= 0.6 is 0 Å². The molecule has 1 aromatic heterocycles. The van der Waals surface area contributed by atoms with E-state index < -0.39 is 12.0 Å². The molecule has 0 spiro atoms. The second-order valence-corrected chi connectivity index (χ2v) is 3.63. The number of aryl methyl sites for hydroxylation is 1. The molecule has 0 bridgehead atoms. The zero-order valence-electron chi connectivity index (χ0n) is 9.64. The summed E-state index contributed by atoms with van der Waals surface area (Å²) < 4.78 is 0. The van der Waals surface area contributed by atoms with Crippen molar-refractivity contribution in [3.8, 4) is 0 Å². The number of nitrogens with two attached hydrogens (primary N) is 1. The van der Waals surface area contributed by atoms with Gasteiger partial charge in [-0.15, -0.1) is 0 Å². The molecule has 0 aliphatic carbocycles. The molecule has 0 aliphatic heterocycles. The molecule has 0 saturated heterocycles. The van der Waals surface area contributed by atoms with Gasteiger partial charge in [0.2, 0.25) is 0 Å². The average Bonchev–Trinajstić information content (AvgIpc) is 2.26. The van der Waals surface area contributed by atoms with Crippen LogP contribution in [-0.4, -0.2) is 35.1 Å². The molecule has 0 radical (unpaired) electrons. The number of nitrogens with zero attached hydrogens (tertiary/aromatic N) is 3. The van der Waals surface area contributed by atoms with Gasteiger partial charge in [-0.25, -0.2) is 9.97 Å². The molecule has 1 aromatic rings. The van der Waals surface area contributed by atoms with E-state index in [1.165, 1.54) is 6.20 Å². The van der Waals surface area contributed by atoms with Gasteiger partial charge in [0, 0.05) is 32.3 Å². The Kier molecular flexibility index (Phi) is 3.78. The molecular formula is C10H16N4O2. The summed E-state index contributed by atoms with van der Waals surface area (Å²) in [6, 6.07) is -1.09. The van der Waals surface area contributed by atoms with Gasteiger partial charge >= 0.3 is 5.97 Å². The Morgan fingerprint density at radius 3 is 2.69 bits per heavy atom. The predicted molar refractivity (Wildman–Crippen MR) is 60.3 cm³/mol. The standard InChI is InChI=1S/C10H16N4O2/c1-4-7-12-5-6(8(11)10(15)16)9(13-7)14(2)3/h5,8H,4,11H2,1-3H3,(H,15,16). The maximum Gasteiger partial charge on any atom is 0.325 e. The van der Waals surface area contributed by atoms with Gasteiger partial charge < -0.3 is 15.7 Å². The maximum absolute atomic E-state index is 10.8. The molecule has 6 nitrogen and oxygen atoms in total. The Bertz CT molecular complexity index is 392. The number of carboxylic acids is 1. The fourth-order valence-electron chi connectivity index (χ4n) is 1.30. The van der Waals surface area contributed by atoms with Crippen molar-refractivity contribution in [2.24, 2.45) is 5.73 Å². The number of aromatic nitrogens is 2. The number of aliphatic carboxylic acids is 1. The van der Waals surface area contributed by atoms with E-state index in [1.54, 1.807) is 19.0 Å². The number of hydrogen-bond donors (Lipinski definition) is 2. The summed E-state index contributed by atoms with van der Waals surface area (Å²) in [4.78, 5) is 20.9. The first-order chi connectivity index (χ1) is 7.47. The fourth-order valence-corrected chi connectivity index (χ4v) is 1.30. The van der Waals surface area contributed by atoms with Crippen molar-refractivity contribution in [2.75, 3.05) is 19.0 Å². The molecule has 3 N–H and O–H groups in total. The minimum atomic E-state index is -1.09. The summed E-state index contributed by atoms with van der Waals surface area (Å²) in [6.07, 6.45) is 2.18. The molecule has 0 aliphatic rings. The van der Waals surface area contributed by atoms with Gasteiger partial charge in [-0.2, -0.15) is 0 Å². The third-order valence-electron chi connectivity index (χ3n) is 2.19. The molecule has 1 atom stereocenters. The SMILES string of the molecule is CCc1ncc(C(N)C(=O)O)c(N(C)C)n1. The van der Waals surface area contributed by atoms with Crippen LogP contribution in [0.5, 0.6) is 0 Å². The molecule has 16 heavy (non-hydrogen) atoms. The number of anilines is 1. The monoisotopic (exact) mass is 224 g/mol. The van der Waals surface area contributed by atoms with Crippen molar-refractivity contribution in [2.45, 2.75) is 19.4 Å². The van der Waals surface area contributed by atoms with Crippen LogP contribution in [0.4, 0.5) is 5.82 Å². The smallest absolute Gasteiger partial charge is 0.325 e. The van der Waals surface area contributed by atoms with Crippen molar-refractivity contribution in [1.29, 1.82) is 0 Å². The van der Waals surface area contributed by atoms with Crippen molar-refractivity contribution < 1.29 is 9.90 Å². The van der Waals surface area contributed by atoms with Crippen molar-refractivity contribution in [3.63, 3.8) is 0 Å². The van der Waals surface area contributed by atoms with Gasteiger partial charge in [-0.05, 0) is 0 Å². The summed E-state index contributed by atoms with van der Waals surface area (Å²) in [5.74, 6) is 0.141. The van der Waals surface area contributed by atoms with E-state index >= 15 is 0 Å². The summed E-state index contributed by atoms with van der Waals surface area (Å²) in [7, 11) is 3.58. The second kappa shape index (κ2) is 4.89. The lowest BCUT2D eigenvalue weighted by atomic mass is 10.1. The summed E-state index contributed by atoms with van der Waals surface area (Å²) >= 11 is 0. The maximum atomic E-state index is 10.8. The first-order valence-electron chi connectivity index (χ1n) is 4.98. The van der Waals surface area contributed by atoms with Crippen LogP contribution in [0.3, 0.4) is 0 Å². The average molecular weight is 224 g/mol. The molecule has 0 aromatic carbocycles. The third-order valence-corrected chi connectivity index (χ3v) is 2.19. The van der Waals surface area contributed by atoms with Gasteiger partial charge in [0.1, 0.15) is 17.7 Å². The lowest BCUT2D eigenvalue weighted by Crippen LogP contribution is -2.25. The van der Waals surface area contributed by atoms with Crippen LogP contribution in [0.15, 0.2) is 6.20 Å². The first-order valence-corrected chi connectivity index (χ1v) is 4.98. The van der Waals surface area contributed by atoms with Gasteiger partial charge in [0.05, 0.1) is 0 Å². The van der Waals surface area contributed by atoms with E-state index in [4.69, 9.17) is 10.8 Å². The highest BCUT2D eigenvalue weighted by molar-refractivity contribution is 5.77. The van der Waals surface area contributed by atoms with E-state index in [-0.39, 0.29) is 0 Å². The molecule has 1 unspecified atom stereocenters. The summed E-state index contributed by atoms with van der Waals surface area (Å²) in [5, 5.41) is 8.87. The van der Waals surface area contributed by atoms with Crippen molar-refractivity contribution >= 4 is 11.8 Å². The van der Waals surface area contributed by atoms with Crippen LogP contribution in [0.2, 0.25) is 0 Å². The predicted octanol–water partition coefficient (Wildman–Crippen LogP) is 0.189. The molecule has 0 amide bonds. The second-order valence-electron chi connectivity index (χ2n) is 3.63. The van der Waals surface area contributed by atoms with Crippen LogP contribution in [-0.2, 0) is 11.2 Å². The minimum absolute atomic E-state index is 0.426. The van der Waals surface area contributed by atoms with Crippen LogP contribution in [0, 0.1) is 0 Å². The van der Waals surface area contributed by atoms with E-state index in [2.05, 4.69) is 9.97 Å². The Hall–Kier alpha value is -1.69. The Labute approximate surface area is 94.1 Å². The van der Waals surface area contributed by atoms with Gasteiger partial charge in [-0.1, -0.05) is 6.92 Å². The zero-order valence-corrected chi connectivity index (χ0v) is 9.64. The minimum Gasteiger partial charge on any atom is -0.480 e. The van der Waals surface area contributed by atoms with Gasteiger partial charge in [0.15, 0.2) is 0 Å². The molecule has 0 fully saturated rings. The zero-order chi connectivity index (χ0) is 12.3. The Morgan fingerprint density at radius 2 is 2.25 bits per heavy atom. The fraction of sp³-hybridized carbons (Fsp3) is 0.500. The molecule has 88 valence electrons. The highest BCUT2D eigenvalue weighted by Crippen LogP contribution is 2.21. The summed E-state index contributed by atoms with van der Waals surface area (Å²) in [6.45, 7) is 1.94. The number of rotatable bonds is 4. The lowest BCUT2D eigenvalue weighted by Gasteiger charge is -2.18. The van der Waals surface area contributed by atoms with Crippen molar-refractivity contribution in [3.05, 3.63) is 17.6 Å². The highest BCUT2D eigenvalue weighted by Gasteiger charge is 2.21. The van der Waals surface area contributed by atoms with Crippen LogP contribution < -0.4 is 10.6 Å². The number of hydrogen-bond acceptors (Lipinski definition) is 5.